The summed E-state index contributed by atoms with van der Waals surface area (Å²) in [4.78, 5) is 16.6. The first-order valence-electron chi connectivity index (χ1n) is 5.03. The van der Waals surface area contributed by atoms with Crippen molar-refractivity contribution in [3.63, 3.8) is 0 Å². The molecule has 1 amide bonds. The van der Waals surface area contributed by atoms with Gasteiger partial charge in [0, 0.05) is 4.47 Å². The molecule has 0 aliphatic rings. The number of amides is 1. The van der Waals surface area contributed by atoms with E-state index < -0.39 is 0 Å². The third-order valence-electron chi connectivity index (χ3n) is 2.30. The van der Waals surface area contributed by atoms with Crippen LogP contribution in [0.4, 0.5) is 5.69 Å². The Balaban J connectivity index is 2.30. The van der Waals surface area contributed by atoms with Crippen LogP contribution in [0.5, 0.6) is 0 Å². The van der Waals surface area contributed by atoms with Gasteiger partial charge in [-0.25, -0.2) is 4.98 Å². The fraction of sp³-hybridized carbons (Fsp3) is 0.0833. The number of anilines is 1. The highest BCUT2D eigenvalue weighted by Gasteiger charge is 2.13. The smallest absolute Gasteiger partial charge is 0.267 e. The highest BCUT2D eigenvalue weighted by Crippen LogP contribution is 2.22. The fourth-order valence-corrected chi connectivity index (χ4v) is 2.47. The second kappa shape index (κ2) is 5.29. The van der Waals surface area contributed by atoms with E-state index in [1.165, 1.54) is 11.3 Å². The highest BCUT2D eigenvalue weighted by molar-refractivity contribution is 9.10. The van der Waals surface area contributed by atoms with E-state index in [1.54, 1.807) is 30.6 Å². The standard InChI is InChI=1S/C12H8BrN3OS/c1-7-11(18-6-15-7)12(17)16-10-4-9(13)3-2-8(10)5-14/h2-4,6H,1H3,(H,16,17). The molecule has 1 aromatic heterocycles. The van der Waals surface area contributed by atoms with Crippen LogP contribution in [0.25, 0.3) is 0 Å². The lowest BCUT2D eigenvalue weighted by Crippen LogP contribution is -2.12. The van der Waals surface area contributed by atoms with Crippen LogP contribution >= 0.6 is 27.3 Å². The van der Waals surface area contributed by atoms with Crippen LogP contribution in [-0.2, 0) is 0 Å². The molecule has 0 unspecified atom stereocenters. The lowest BCUT2D eigenvalue weighted by Gasteiger charge is -2.06. The summed E-state index contributed by atoms with van der Waals surface area (Å²) >= 11 is 4.58. The number of nitriles is 1. The first kappa shape index (κ1) is 12.7. The van der Waals surface area contributed by atoms with Gasteiger partial charge in [0.1, 0.15) is 10.9 Å². The van der Waals surface area contributed by atoms with E-state index in [1.807, 2.05) is 6.07 Å². The van der Waals surface area contributed by atoms with Crippen molar-refractivity contribution in [3.05, 3.63) is 44.3 Å². The number of nitrogens with one attached hydrogen (secondary N) is 1. The number of carbonyl (C=O) groups is 1. The summed E-state index contributed by atoms with van der Waals surface area (Å²) in [5.74, 6) is -0.246. The number of rotatable bonds is 2. The summed E-state index contributed by atoms with van der Waals surface area (Å²) in [6.45, 7) is 1.78. The van der Waals surface area contributed by atoms with E-state index >= 15 is 0 Å². The van der Waals surface area contributed by atoms with Crippen molar-refractivity contribution < 1.29 is 4.79 Å². The summed E-state index contributed by atoms with van der Waals surface area (Å²) in [6.07, 6.45) is 0. The van der Waals surface area contributed by atoms with Crippen LogP contribution in [0.1, 0.15) is 20.9 Å². The molecule has 2 aromatic rings. The van der Waals surface area contributed by atoms with Crippen molar-refractivity contribution in [1.29, 1.82) is 5.26 Å². The average Bonchev–Trinajstić information content (AvgIpc) is 2.76. The van der Waals surface area contributed by atoms with Gasteiger partial charge in [-0.3, -0.25) is 4.79 Å². The summed E-state index contributed by atoms with van der Waals surface area (Å²) in [7, 11) is 0. The van der Waals surface area contributed by atoms with Crippen LogP contribution in [0.15, 0.2) is 28.2 Å². The van der Waals surface area contributed by atoms with E-state index in [0.717, 1.165) is 4.47 Å². The van der Waals surface area contributed by atoms with Gasteiger partial charge in [-0.2, -0.15) is 5.26 Å². The third kappa shape index (κ3) is 2.58. The Bertz CT molecular complexity index is 645. The average molecular weight is 322 g/mol. The van der Waals surface area contributed by atoms with Gasteiger partial charge in [-0.15, -0.1) is 11.3 Å². The molecule has 0 radical (unpaired) electrons. The van der Waals surface area contributed by atoms with Gasteiger partial charge >= 0.3 is 0 Å². The molecule has 0 aliphatic carbocycles. The monoisotopic (exact) mass is 321 g/mol. The molecule has 90 valence electrons. The van der Waals surface area contributed by atoms with Crippen molar-refractivity contribution in [2.75, 3.05) is 5.32 Å². The number of carbonyl (C=O) groups excluding carboxylic acids is 1. The number of aryl methyl sites for hydroxylation is 1. The first-order chi connectivity index (χ1) is 8.61. The topological polar surface area (TPSA) is 65.8 Å². The number of aromatic nitrogens is 1. The van der Waals surface area contributed by atoms with E-state index in [9.17, 15) is 4.79 Å². The van der Waals surface area contributed by atoms with Gasteiger partial charge in [0.25, 0.3) is 5.91 Å². The number of hydrogen-bond acceptors (Lipinski definition) is 4. The van der Waals surface area contributed by atoms with Crippen molar-refractivity contribution in [3.8, 4) is 6.07 Å². The Morgan fingerprint density at radius 2 is 2.33 bits per heavy atom. The Hall–Kier alpha value is -1.71. The quantitative estimate of drug-likeness (QED) is 0.922. The molecule has 0 saturated heterocycles. The molecule has 0 bridgehead atoms. The molecule has 18 heavy (non-hydrogen) atoms. The van der Waals surface area contributed by atoms with E-state index in [2.05, 4.69) is 26.2 Å². The largest absolute Gasteiger partial charge is 0.320 e. The van der Waals surface area contributed by atoms with Crippen molar-refractivity contribution in [2.45, 2.75) is 6.92 Å². The second-order valence-electron chi connectivity index (χ2n) is 3.52. The molecule has 0 fully saturated rings. The van der Waals surface area contributed by atoms with Gasteiger partial charge in [0.15, 0.2) is 0 Å². The number of benzene rings is 1. The van der Waals surface area contributed by atoms with E-state index in [-0.39, 0.29) is 5.91 Å². The Kier molecular flexibility index (Phi) is 3.75. The summed E-state index contributed by atoms with van der Waals surface area (Å²) in [5.41, 5.74) is 3.22. The van der Waals surface area contributed by atoms with Crippen LogP contribution in [0, 0.1) is 18.3 Å². The van der Waals surface area contributed by atoms with Crippen LogP contribution in [0.2, 0.25) is 0 Å². The minimum atomic E-state index is -0.246. The lowest BCUT2D eigenvalue weighted by atomic mass is 10.2. The number of thiazole rings is 1. The molecular weight excluding hydrogens is 314 g/mol. The molecule has 0 aliphatic heterocycles. The van der Waals surface area contributed by atoms with Gasteiger partial charge in [0.05, 0.1) is 22.5 Å². The van der Waals surface area contributed by atoms with E-state index in [0.29, 0.717) is 21.8 Å². The number of hydrogen-bond donors (Lipinski definition) is 1. The maximum absolute atomic E-state index is 12.0. The molecule has 0 saturated carbocycles. The van der Waals surface area contributed by atoms with E-state index in [4.69, 9.17) is 5.26 Å². The van der Waals surface area contributed by atoms with Crippen LogP contribution in [0.3, 0.4) is 0 Å². The zero-order valence-electron chi connectivity index (χ0n) is 9.40. The van der Waals surface area contributed by atoms with Gasteiger partial charge < -0.3 is 5.32 Å². The van der Waals surface area contributed by atoms with Crippen molar-refractivity contribution in [2.24, 2.45) is 0 Å². The molecule has 1 N–H and O–H groups in total. The number of nitrogens with zero attached hydrogens (tertiary/aromatic N) is 2. The summed E-state index contributed by atoms with van der Waals surface area (Å²) in [6, 6.07) is 7.15. The lowest BCUT2D eigenvalue weighted by molar-refractivity contribution is 0.103. The third-order valence-corrected chi connectivity index (χ3v) is 3.72. The van der Waals surface area contributed by atoms with Crippen molar-refractivity contribution in [1.82, 2.24) is 4.98 Å². The Labute approximate surface area is 116 Å². The minimum Gasteiger partial charge on any atom is -0.320 e. The summed E-state index contributed by atoms with van der Waals surface area (Å²) in [5, 5.41) is 11.7. The predicted octanol–water partition coefficient (Wildman–Crippen LogP) is 3.34. The fourth-order valence-electron chi connectivity index (χ4n) is 1.42. The van der Waals surface area contributed by atoms with Gasteiger partial charge in [-0.1, -0.05) is 15.9 Å². The van der Waals surface area contributed by atoms with Crippen LogP contribution in [-0.4, -0.2) is 10.9 Å². The molecule has 2 rings (SSSR count). The molecule has 4 nitrogen and oxygen atoms in total. The maximum atomic E-state index is 12.0. The Morgan fingerprint density at radius 3 is 2.94 bits per heavy atom. The van der Waals surface area contributed by atoms with Crippen molar-refractivity contribution >= 4 is 38.9 Å². The zero-order chi connectivity index (χ0) is 13.1. The maximum Gasteiger partial charge on any atom is 0.267 e. The van der Waals surface area contributed by atoms with Crippen LogP contribution < -0.4 is 5.32 Å². The number of halogens is 1. The summed E-state index contributed by atoms with van der Waals surface area (Å²) < 4.78 is 0.804. The SMILES string of the molecule is Cc1ncsc1C(=O)Nc1cc(Br)ccc1C#N. The molecule has 1 heterocycles. The molecule has 0 spiro atoms. The van der Waals surface area contributed by atoms with Gasteiger partial charge in [0.2, 0.25) is 0 Å². The molecular formula is C12H8BrN3OS. The Morgan fingerprint density at radius 1 is 1.56 bits per heavy atom. The predicted molar refractivity (Wildman–Crippen MR) is 73.7 cm³/mol. The first-order valence-corrected chi connectivity index (χ1v) is 6.70. The molecule has 0 atom stereocenters. The zero-order valence-corrected chi connectivity index (χ0v) is 11.8. The van der Waals surface area contributed by atoms with Gasteiger partial charge in [-0.05, 0) is 25.1 Å². The molecule has 1 aromatic carbocycles. The highest BCUT2D eigenvalue weighted by atomic mass is 79.9. The normalized spacial score (nSPS) is 9.83. The second-order valence-corrected chi connectivity index (χ2v) is 5.29. The minimum absolute atomic E-state index is 0.246. The molecule has 6 heteroatoms.